The number of nitro groups is 1. The Morgan fingerprint density at radius 3 is 2.38 bits per heavy atom. The van der Waals surface area contributed by atoms with E-state index in [1.165, 1.54) is 6.33 Å². The molecule has 2 N–H and O–H groups in total. The zero-order valence-electron chi connectivity index (χ0n) is 17.1. The highest BCUT2D eigenvalue weighted by Crippen LogP contribution is 2.34. The van der Waals surface area contributed by atoms with Gasteiger partial charge in [-0.1, -0.05) is 36.4 Å². The number of fused-ring (bicyclic) bond motifs is 1. The summed E-state index contributed by atoms with van der Waals surface area (Å²) in [5, 5.41) is 19.8. The third kappa shape index (κ3) is 4.31. The maximum absolute atomic E-state index is 11.9. The number of ether oxygens (including phenoxy) is 1. The van der Waals surface area contributed by atoms with Crippen molar-refractivity contribution in [2.75, 3.05) is 17.2 Å². The van der Waals surface area contributed by atoms with E-state index in [9.17, 15) is 14.9 Å². The number of hydrogen-bond donors (Lipinski definition) is 2. The van der Waals surface area contributed by atoms with Crippen molar-refractivity contribution in [1.29, 1.82) is 0 Å². The van der Waals surface area contributed by atoms with Gasteiger partial charge in [-0.3, -0.25) is 10.1 Å². The molecule has 32 heavy (non-hydrogen) atoms. The van der Waals surface area contributed by atoms with Crippen molar-refractivity contribution >= 4 is 45.4 Å². The molecule has 0 aliphatic carbocycles. The van der Waals surface area contributed by atoms with Gasteiger partial charge in [-0.05, 0) is 42.6 Å². The zero-order valence-corrected chi connectivity index (χ0v) is 17.1. The Morgan fingerprint density at radius 2 is 1.66 bits per heavy atom. The first kappa shape index (κ1) is 20.7. The normalized spacial score (nSPS) is 10.5. The number of nitrogens with one attached hydrogen (secondary N) is 2. The summed E-state index contributed by atoms with van der Waals surface area (Å²) < 4.78 is 4.96. The molecule has 160 valence electrons. The molecule has 0 unspecified atom stereocenters. The summed E-state index contributed by atoms with van der Waals surface area (Å²) in [7, 11) is 0. The van der Waals surface area contributed by atoms with E-state index >= 15 is 0 Å². The van der Waals surface area contributed by atoms with Crippen LogP contribution >= 0.6 is 0 Å². The Kier molecular flexibility index (Phi) is 5.89. The van der Waals surface area contributed by atoms with Crippen LogP contribution < -0.4 is 10.6 Å². The monoisotopic (exact) mass is 429 g/mol. The van der Waals surface area contributed by atoms with Crippen LogP contribution in [0.3, 0.4) is 0 Å². The lowest BCUT2D eigenvalue weighted by Gasteiger charge is -2.12. The minimum absolute atomic E-state index is 0.0246. The number of aromatic nitrogens is 2. The van der Waals surface area contributed by atoms with Gasteiger partial charge in [0.1, 0.15) is 6.33 Å². The van der Waals surface area contributed by atoms with Crippen molar-refractivity contribution in [3.8, 4) is 0 Å². The van der Waals surface area contributed by atoms with E-state index in [-0.39, 0.29) is 23.9 Å². The average molecular weight is 429 g/mol. The summed E-state index contributed by atoms with van der Waals surface area (Å²) >= 11 is 0. The maximum atomic E-state index is 11.9. The van der Waals surface area contributed by atoms with Gasteiger partial charge >= 0.3 is 11.7 Å². The van der Waals surface area contributed by atoms with Gasteiger partial charge in [0, 0.05) is 16.8 Å². The first-order valence-electron chi connectivity index (χ1n) is 9.85. The van der Waals surface area contributed by atoms with Crippen molar-refractivity contribution < 1.29 is 14.5 Å². The first-order chi connectivity index (χ1) is 15.6. The lowest BCUT2D eigenvalue weighted by atomic mass is 10.1. The fourth-order valence-electron chi connectivity index (χ4n) is 3.24. The fourth-order valence-corrected chi connectivity index (χ4v) is 3.24. The van der Waals surface area contributed by atoms with Crippen molar-refractivity contribution in [1.82, 2.24) is 9.97 Å². The molecule has 1 heterocycles. The number of carbonyl (C=O) groups is 1. The van der Waals surface area contributed by atoms with E-state index in [4.69, 9.17) is 4.74 Å². The second kappa shape index (κ2) is 9.09. The molecule has 0 bridgehead atoms. The van der Waals surface area contributed by atoms with E-state index < -0.39 is 10.9 Å². The van der Waals surface area contributed by atoms with Crippen LogP contribution in [0.2, 0.25) is 0 Å². The molecule has 0 aliphatic rings. The molecular weight excluding hydrogens is 410 g/mol. The fraction of sp³-hybridized carbons (Fsp3) is 0.0870. The molecular formula is C23H19N5O4. The van der Waals surface area contributed by atoms with Crippen molar-refractivity contribution in [3.63, 3.8) is 0 Å². The molecule has 0 fully saturated rings. The van der Waals surface area contributed by atoms with E-state index in [1.807, 2.05) is 42.5 Å². The lowest BCUT2D eigenvalue weighted by molar-refractivity contribution is -0.383. The molecule has 4 rings (SSSR count). The summed E-state index contributed by atoms with van der Waals surface area (Å²) in [4.78, 5) is 31.3. The molecule has 0 aliphatic heterocycles. The average Bonchev–Trinajstić information content (AvgIpc) is 2.80. The van der Waals surface area contributed by atoms with Gasteiger partial charge in [0.05, 0.1) is 17.1 Å². The zero-order chi connectivity index (χ0) is 22.5. The van der Waals surface area contributed by atoms with Crippen molar-refractivity contribution in [3.05, 3.63) is 88.7 Å². The number of hydrogen-bond acceptors (Lipinski definition) is 8. The van der Waals surface area contributed by atoms with Crippen LogP contribution in [-0.4, -0.2) is 27.5 Å². The largest absolute Gasteiger partial charge is 0.462 e. The third-order valence-corrected chi connectivity index (χ3v) is 4.71. The Hall–Kier alpha value is -4.53. The number of carbonyl (C=O) groups excluding carboxylic acids is 1. The van der Waals surface area contributed by atoms with Gasteiger partial charge in [0.2, 0.25) is 11.6 Å². The minimum Gasteiger partial charge on any atom is -0.462 e. The second-order valence-electron chi connectivity index (χ2n) is 6.75. The van der Waals surface area contributed by atoms with Gasteiger partial charge in [-0.2, -0.15) is 0 Å². The number of nitrogens with zero attached hydrogens (tertiary/aromatic N) is 3. The smallest absolute Gasteiger partial charge is 0.353 e. The highest BCUT2D eigenvalue weighted by atomic mass is 16.6. The predicted molar refractivity (Wildman–Crippen MR) is 122 cm³/mol. The summed E-state index contributed by atoms with van der Waals surface area (Å²) in [6, 6.07) is 19.7. The number of esters is 1. The highest BCUT2D eigenvalue weighted by molar-refractivity contribution is 5.96. The summed E-state index contributed by atoms with van der Waals surface area (Å²) in [5.74, 6) is -0.350. The lowest BCUT2D eigenvalue weighted by Crippen LogP contribution is -2.06. The molecule has 0 saturated carbocycles. The molecule has 0 amide bonds. The summed E-state index contributed by atoms with van der Waals surface area (Å²) in [5.41, 5.74) is 1.30. The highest BCUT2D eigenvalue weighted by Gasteiger charge is 2.24. The Morgan fingerprint density at radius 1 is 0.969 bits per heavy atom. The Labute approximate surface area is 183 Å². The molecule has 1 aromatic heterocycles. The van der Waals surface area contributed by atoms with Crippen LogP contribution in [0, 0.1) is 10.1 Å². The van der Waals surface area contributed by atoms with E-state index in [1.54, 1.807) is 31.2 Å². The first-order valence-corrected chi connectivity index (χ1v) is 9.85. The van der Waals surface area contributed by atoms with Gasteiger partial charge < -0.3 is 15.4 Å². The topological polar surface area (TPSA) is 119 Å². The van der Waals surface area contributed by atoms with Gasteiger partial charge in [0.25, 0.3) is 0 Å². The van der Waals surface area contributed by atoms with Gasteiger partial charge in [-0.15, -0.1) is 0 Å². The molecule has 9 heteroatoms. The molecule has 0 radical (unpaired) electrons. The van der Waals surface area contributed by atoms with Gasteiger partial charge in [0.15, 0.2) is 0 Å². The minimum atomic E-state index is -0.539. The second-order valence-corrected chi connectivity index (χ2v) is 6.75. The number of anilines is 4. The van der Waals surface area contributed by atoms with Crippen molar-refractivity contribution in [2.24, 2.45) is 0 Å². The van der Waals surface area contributed by atoms with Crippen molar-refractivity contribution in [2.45, 2.75) is 6.92 Å². The number of benzene rings is 3. The van der Waals surface area contributed by atoms with Crippen LogP contribution in [0.1, 0.15) is 17.3 Å². The van der Waals surface area contributed by atoms with Gasteiger partial charge in [-0.25, -0.2) is 14.8 Å². The summed E-state index contributed by atoms with van der Waals surface area (Å²) in [6.45, 7) is 2.00. The Bertz CT molecular complexity index is 1290. The van der Waals surface area contributed by atoms with Crippen LogP contribution in [0.25, 0.3) is 10.8 Å². The van der Waals surface area contributed by atoms with E-state index in [2.05, 4.69) is 20.6 Å². The van der Waals surface area contributed by atoms with Crippen LogP contribution in [-0.2, 0) is 4.74 Å². The SMILES string of the molecule is CCOC(=O)c1ccc(Nc2ncnc(Nc3cccc4ccccc34)c2[N+](=O)[O-])cc1. The quantitative estimate of drug-likeness (QED) is 0.234. The third-order valence-electron chi connectivity index (χ3n) is 4.71. The molecule has 0 saturated heterocycles. The van der Waals surface area contributed by atoms with Crippen LogP contribution in [0.15, 0.2) is 73.1 Å². The molecule has 3 aromatic carbocycles. The molecule has 9 nitrogen and oxygen atoms in total. The van der Waals surface area contributed by atoms with E-state index in [0.717, 1.165) is 10.8 Å². The van der Waals surface area contributed by atoms with Crippen LogP contribution in [0.5, 0.6) is 0 Å². The number of rotatable bonds is 7. The Balaban J connectivity index is 1.65. The molecule has 4 aromatic rings. The summed E-state index contributed by atoms with van der Waals surface area (Å²) in [6.07, 6.45) is 1.25. The predicted octanol–water partition coefficient (Wildman–Crippen LogP) is 5.20. The van der Waals surface area contributed by atoms with Crippen LogP contribution in [0.4, 0.5) is 28.7 Å². The standard InChI is InChI=1S/C23H19N5O4/c1-2-32-23(29)16-10-12-17(13-11-16)26-21-20(28(30)31)22(25-14-24-21)27-19-9-5-7-15-6-3-4-8-18(15)19/h3-14H,2H2,1H3,(H2,24,25,26,27). The maximum Gasteiger partial charge on any atom is 0.353 e. The molecule has 0 spiro atoms. The van der Waals surface area contributed by atoms with E-state index in [0.29, 0.717) is 16.9 Å². The molecule has 0 atom stereocenters.